The molecule has 1 N–H and O–H groups in total. The van der Waals surface area contributed by atoms with Crippen LogP contribution in [-0.4, -0.2) is 33.3 Å². The average Bonchev–Trinajstić information content (AvgIpc) is 3.42. The fraction of sp³-hybridized carbons (Fsp3) is 0.160. The molecule has 3 aromatic heterocycles. The zero-order valence-corrected chi connectivity index (χ0v) is 19.0. The Hall–Kier alpha value is -4.61. The largest absolute Gasteiger partial charge is 0.451 e. The summed E-state index contributed by atoms with van der Waals surface area (Å²) < 4.78 is 57.7. The zero-order chi connectivity index (χ0) is 26.4. The van der Waals surface area contributed by atoms with E-state index in [1.54, 1.807) is 24.3 Å². The van der Waals surface area contributed by atoms with E-state index < -0.39 is 35.5 Å². The third-order valence-electron chi connectivity index (χ3n) is 5.30. The van der Waals surface area contributed by atoms with Gasteiger partial charge in [-0.15, -0.1) is 0 Å². The van der Waals surface area contributed by atoms with Crippen LogP contribution in [0.5, 0.6) is 0 Å². The van der Waals surface area contributed by atoms with Crippen molar-refractivity contribution in [1.29, 1.82) is 0 Å². The molecular weight excluding hydrogens is 494 g/mol. The molecule has 37 heavy (non-hydrogen) atoms. The number of nitrogens with one attached hydrogen (secondary N) is 1. The molecule has 1 unspecified atom stereocenters. The Balaban J connectivity index is 1.69. The lowest BCUT2D eigenvalue weighted by Crippen LogP contribution is -2.44. The number of halogens is 4. The second-order valence-electron chi connectivity index (χ2n) is 7.81. The number of nitrogens with zero attached hydrogens (tertiary/aromatic N) is 4. The van der Waals surface area contributed by atoms with Gasteiger partial charge in [-0.25, -0.2) is 14.4 Å². The Bertz CT molecular complexity index is 1350. The standard InChI is InChI=1S/C25H19F4N5O3/c26-18-5-1-3-16(11-18)8-10-31-23(35)22(17-4-2-9-30-12-17)34(24(36)20-14-37-15-33-20)19-6-7-21(32-13-19)25(27,28)29/h1-7,9,11-15,22H,8,10H2,(H,31,35). The highest BCUT2D eigenvalue weighted by molar-refractivity contribution is 6.08. The van der Waals surface area contributed by atoms with Crippen molar-refractivity contribution in [2.24, 2.45) is 0 Å². The summed E-state index contributed by atoms with van der Waals surface area (Å²) in [6.07, 6.45) is 1.33. The summed E-state index contributed by atoms with van der Waals surface area (Å²) in [7, 11) is 0. The normalized spacial score (nSPS) is 12.1. The third-order valence-corrected chi connectivity index (χ3v) is 5.30. The predicted octanol–water partition coefficient (Wildman–Crippen LogP) is 4.37. The van der Waals surface area contributed by atoms with Crippen LogP contribution in [0.1, 0.15) is 33.4 Å². The minimum atomic E-state index is -4.70. The fourth-order valence-corrected chi connectivity index (χ4v) is 3.60. The van der Waals surface area contributed by atoms with Crippen LogP contribution < -0.4 is 10.2 Å². The number of hydrogen-bond acceptors (Lipinski definition) is 6. The van der Waals surface area contributed by atoms with Crippen LogP contribution in [0.3, 0.4) is 0 Å². The summed E-state index contributed by atoms with van der Waals surface area (Å²) in [6, 6.07) is 9.35. The van der Waals surface area contributed by atoms with Crippen molar-refractivity contribution in [2.45, 2.75) is 18.6 Å². The molecule has 1 aromatic carbocycles. The van der Waals surface area contributed by atoms with Crippen molar-refractivity contribution in [3.63, 3.8) is 0 Å². The maximum absolute atomic E-state index is 13.5. The van der Waals surface area contributed by atoms with E-state index in [1.165, 1.54) is 24.5 Å². The molecule has 2 amide bonds. The molecule has 1 atom stereocenters. The van der Waals surface area contributed by atoms with Crippen LogP contribution in [0, 0.1) is 5.82 Å². The van der Waals surface area contributed by atoms with Crippen molar-refractivity contribution in [1.82, 2.24) is 20.3 Å². The SMILES string of the molecule is O=C(NCCc1cccc(F)c1)C(c1cccnc1)N(C(=O)c1cocn1)c1ccc(C(F)(F)F)nc1. The molecule has 0 aliphatic rings. The molecule has 4 rings (SSSR count). The molecule has 0 bridgehead atoms. The number of pyridine rings is 2. The third kappa shape index (κ3) is 6.15. The Morgan fingerprint density at radius 1 is 1.05 bits per heavy atom. The lowest BCUT2D eigenvalue weighted by atomic mass is 10.0. The van der Waals surface area contributed by atoms with Crippen LogP contribution in [0.25, 0.3) is 0 Å². The van der Waals surface area contributed by atoms with Gasteiger partial charge in [0.15, 0.2) is 12.1 Å². The quantitative estimate of drug-likeness (QED) is 0.351. The van der Waals surface area contributed by atoms with Gasteiger partial charge in [-0.3, -0.25) is 19.5 Å². The van der Waals surface area contributed by atoms with Crippen molar-refractivity contribution in [3.05, 3.63) is 108 Å². The molecular formula is C25H19F4N5O3. The van der Waals surface area contributed by atoms with Gasteiger partial charge in [-0.05, 0) is 42.3 Å². The second kappa shape index (κ2) is 11.0. The van der Waals surface area contributed by atoms with E-state index in [1.807, 2.05) is 0 Å². The molecule has 190 valence electrons. The number of benzene rings is 1. The van der Waals surface area contributed by atoms with Crippen LogP contribution in [0.4, 0.5) is 23.2 Å². The lowest BCUT2D eigenvalue weighted by Gasteiger charge is -2.30. The van der Waals surface area contributed by atoms with Gasteiger partial charge in [-0.2, -0.15) is 13.2 Å². The van der Waals surface area contributed by atoms with E-state index in [9.17, 15) is 27.2 Å². The summed E-state index contributed by atoms with van der Waals surface area (Å²) >= 11 is 0. The van der Waals surface area contributed by atoms with Gasteiger partial charge in [-0.1, -0.05) is 18.2 Å². The number of anilines is 1. The van der Waals surface area contributed by atoms with Crippen LogP contribution in [0.15, 0.2) is 84.2 Å². The minimum Gasteiger partial charge on any atom is -0.451 e. The summed E-state index contributed by atoms with van der Waals surface area (Å²) in [5.41, 5.74) is -0.512. The molecule has 3 heterocycles. The Kier molecular flexibility index (Phi) is 7.56. The van der Waals surface area contributed by atoms with Crippen LogP contribution in [0.2, 0.25) is 0 Å². The smallest absolute Gasteiger partial charge is 0.433 e. The summed E-state index contributed by atoms with van der Waals surface area (Å²) in [5, 5.41) is 2.71. The molecule has 0 saturated heterocycles. The van der Waals surface area contributed by atoms with E-state index in [-0.39, 0.29) is 23.5 Å². The number of alkyl halides is 3. The first-order valence-corrected chi connectivity index (χ1v) is 10.9. The maximum Gasteiger partial charge on any atom is 0.433 e. The van der Waals surface area contributed by atoms with E-state index in [0.717, 1.165) is 29.8 Å². The van der Waals surface area contributed by atoms with Crippen molar-refractivity contribution in [3.8, 4) is 0 Å². The second-order valence-corrected chi connectivity index (χ2v) is 7.81. The maximum atomic E-state index is 13.5. The van der Waals surface area contributed by atoms with E-state index in [2.05, 4.69) is 20.3 Å². The van der Waals surface area contributed by atoms with Gasteiger partial charge in [0, 0.05) is 24.5 Å². The molecule has 12 heteroatoms. The van der Waals surface area contributed by atoms with Gasteiger partial charge in [0.05, 0.1) is 11.9 Å². The molecule has 0 radical (unpaired) electrons. The highest BCUT2D eigenvalue weighted by Gasteiger charge is 2.36. The summed E-state index contributed by atoms with van der Waals surface area (Å²) in [6.45, 7) is 0.0936. The Morgan fingerprint density at radius 3 is 2.51 bits per heavy atom. The molecule has 0 aliphatic carbocycles. The lowest BCUT2D eigenvalue weighted by molar-refractivity contribution is -0.141. The number of carbonyl (C=O) groups excluding carboxylic acids is 2. The molecule has 4 aromatic rings. The van der Waals surface area contributed by atoms with Gasteiger partial charge in [0.25, 0.3) is 5.91 Å². The van der Waals surface area contributed by atoms with E-state index in [4.69, 9.17) is 4.42 Å². The predicted molar refractivity (Wildman–Crippen MR) is 123 cm³/mol. The zero-order valence-electron chi connectivity index (χ0n) is 19.0. The van der Waals surface area contributed by atoms with E-state index >= 15 is 0 Å². The molecule has 0 saturated carbocycles. The topological polar surface area (TPSA) is 101 Å². The number of amides is 2. The first kappa shape index (κ1) is 25.5. The summed E-state index contributed by atoms with van der Waals surface area (Å²) in [4.78, 5) is 39.2. The number of hydrogen-bond donors (Lipinski definition) is 1. The summed E-state index contributed by atoms with van der Waals surface area (Å²) in [5.74, 6) is -1.89. The van der Waals surface area contributed by atoms with Gasteiger partial charge < -0.3 is 9.73 Å². The average molecular weight is 513 g/mol. The fourth-order valence-electron chi connectivity index (χ4n) is 3.60. The van der Waals surface area contributed by atoms with Crippen LogP contribution >= 0.6 is 0 Å². The molecule has 0 aliphatic heterocycles. The monoisotopic (exact) mass is 513 g/mol. The van der Waals surface area contributed by atoms with Gasteiger partial charge in [0.1, 0.15) is 23.8 Å². The first-order chi connectivity index (χ1) is 17.7. The number of oxazole rings is 1. The van der Waals surface area contributed by atoms with Crippen molar-refractivity contribution >= 4 is 17.5 Å². The van der Waals surface area contributed by atoms with Crippen molar-refractivity contribution in [2.75, 3.05) is 11.4 Å². The number of rotatable bonds is 8. The minimum absolute atomic E-state index is 0.0878. The van der Waals surface area contributed by atoms with Crippen LogP contribution in [-0.2, 0) is 17.4 Å². The van der Waals surface area contributed by atoms with Gasteiger partial charge >= 0.3 is 6.18 Å². The molecule has 0 fully saturated rings. The van der Waals surface area contributed by atoms with Crippen molar-refractivity contribution < 1.29 is 31.6 Å². The molecule has 8 nitrogen and oxygen atoms in total. The highest BCUT2D eigenvalue weighted by Crippen LogP contribution is 2.32. The highest BCUT2D eigenvalue weighted by atomic mass is 19.4. The first-order valence-electron chi connectivity index (χ1n) is 10.9. The number of aromatic nitrogens is 3. The van der Waals surface area contributed by atoms with E-state index in [0.29, 0.717) is 18.1 Å². The Labute approximate surface area is 208 Å². The number of carbonyl (C=O) groups is 2. The van der Waals surface area contributed by atoms with Gasteiger partial charge in [0.2, 0.25) is 5.91 Å². The Morgan fingerprint density at radius 2 is 1.89 bits per heavy atom. The molecule has 0 spiro atoms.